The number of hydrogen-bond donors (Lipinski definition) is 0. The van der Waals surface area contributed by atoms with Gasteiger partial charge in [-0.1, -0.05) is 0 Å². The van der Waals surface area contributed by atoms with Crippen molar-refractivity contribution >= 4 is 17.5 Å². The summed E-state index contributed by atoms with van der Waals surface area (Å²) in [5.74, 6) is -2.22. The van der Waals surface area contributed by atoms with E-state index in [9.17, 15) is 14.4 Å². The number of ketones is 2. The highest BCUT2D eigenvalue weighted by Crippen LogP contribution is 2.11. The van der Waals surface area contributed by atoms with Crippen LogP contribution in [0.4, 0.5) is 0 Å². The molecule has 1 aromatic heterocycles. The molecule has 0 bridgehead atoms. The Morgan fingerprint density at radius 3 is 2.48 bits per heavy atom. The molecule has 0 saturated heterocycles. The third kappa shape index (κ3) is 3.62. The van der Waals surface area contributed by atoms with Crippen molar-refractivity contribution in [3.8, 4) is 5.69 Å². The molecule has 1 aromatic carbocycles. The second-order valence-electron chi connectivity index (χ2n) is 4.26. The Bertz CT molecular complexity index is 645. The fourth-order valence-electron chi connectivity index (χ4n) is 1.76. The van der Waals surface area contributed by atoms with Gasteiger partial charge in [-0.25, -0.2) is 9.78 Å². The van der Waals surface area contributed by atoms with Gasteiger partial charge in [0.1, 0.15) is 0 Å². The first kappa shape index (κ1) is 14.6. The number of aromatic nitrogens is 2. The van der Waals surface area contributed by atoms with Gasteiger partial charge in [-0.2, -0.15) is 0 Å². The van der Waals surface area contributed by atoms with Gasteiger partial charge in [-0.05, 0) is 31.2 Å². The molecule has 6 nitrogen and oxygen atoms in total. The van der Waals surface area contributed by atoms with Gasteiger partial charge in [0, 0.05) is 23.6 Å². The SMILES string of the molecule is CCOC(=O)C(=O)CC(=O)c1ccc(-n2ccnc2)cc1. The molecule has 108 valence electrons. The maximum Gasteiger partial charge on any atom is 0.375 e. The molecule has 0 unspecified atom stereocenters. The van der Waals surface area contributed by atoms with Crippen LogP contribution in [0.1, 0.15) is 23.7 Å². The van der Waals surface area contributed by atoms with Crippen LogP contribution in [0.15, 0.2) is 43.0 Å². The molecular formula is C15H14N2O4. The van der Waals surface area contributed by atoms with E-state index in [1.54, 1.807) is 54.5 Å². The summed E-state index contributed by atoms with van der Waals surface area (Å²) in [6.45, 7) is 1.71. The molecule has 21 heavy (non-hydrogen) atoms. The van der Waals surface area contributed by atoms with Crippen LogP contribution in [0.25, 0.3) is 5.69 Å². The van der Waals surface area contributed by atoms with Crippen molar-refractivity contribution in [2.24, 2.45) is 0 Å². The largest absolute Gasteiger partial charge is 0.460 e. The maximum absolute atomic E-state index is 11.9. The molecule has 0 amide bonds. The van der Waals surface area contributed by atoms with E-state index >= 15 is 0 Å². The van der Waals surface area contributed by atoms with Crippen LogP contribution in [0.5, 0.6) is 0 Å². The topological polar surface area (TPSA) is 78.3 Å². The Morgan fingerprint density at radius 1 is 1.19 bits per heavy atom. The highest BCUT2D eigenvalue weighted by atomic mass is 16.5. The number of benzene rings is 1. The monoisotopic (exact) mass is 286 g/mol. The lowest BCUT2D eigenvalue weighted by Gasteiger charge is -2.04. The van der Waals surface area contributed by atoms with Gasteiger partial charge in [0.2, 0.25) is 5.78 Å². The minimum absolute atomic E-state index is 0.109. The van der Waals surface area contributed by atoms with E-state index in [4.69, 9.17) is 0 Å². The third-order valence-electron chi connectivity index (χ3n) is 2.82. The Labute approximate surface area is 121 Å². The lowest BCUT2D eigenvalue weighted by molar-refractivity contribution is -0.153. The average Bonchev–Trinajstić information content (AvgIpc) is 3.01. The molecule has 0 saturated carbocycles. The van der Waals surface area contributed by atoms with Gasteiger partial charge in [-0.15, -0.1) is 0 Å². The van der Waals surface area contributed by atoms with Crippen molar-refractivity contribution in [3.63, 3.8) is 0 Å². The van der Waals surface area contributed by atoms with Crippen molar-refractivity contribution in [2.75, 3.05) is 6.61 Å². The van der Waals surface area contributed by atoms with Crippen molar-refractivity contribution in [1.82, 2.24) is 9.55 Å². The van der Waals surface area contributed by atoms with Crippen molar-refractivity contribution in [1.29, 1.82) is 0 Å². The van der Waals surface area contributed by atoms with Gasteiger partial charge in [0.15, 0.2) is 5.78 Å². The third-order valence-corrected chi connectivity index (χ3v) is 2.82. The van der Waals surface area contributed by atoms with Gasteiger partial charge in [-0.3, -0.25) is 9.59 Å². The number of nitrogens with zero attached hydrogens (tertiary/aromatic N) is 2. The van der Waals surface area contributed by atoms with Gasteiger partial charge in [0.25, 0.3) is 0 Å². The van der Waals surface area contributed by atoms with E-state index in [0.29, 0.717) is 5.56 Å². The predicted molar refractivity (Wildman–Crippen MR) is 74.2 cm³/mol. The fourth-order valence-corrected chi connectivity index (χ4v) is 1.76. The first-order chi connectivity index (χ1) is 10.1. The first-order valence-electron chi connectivity index (χ1n) is 6.43. The molecule has 0 aliphatic heterocycles. The molecule has 0 spiro atoms. The Morgan fingerprint density at radius 2 is 1.90 bits per heavy atom. The van der Waals surface area contributed by atoms with Crippen molar-refractivity contribution in [2.45, 2.75) is 13.3 Å². The molecule has 1 heterocycles. The number of hydrogen-bond acceptors (Lipinski definition) is 5. The Hall–Kier alpha value is -2.76. The molecule has 2 aromatic rings. The van der Waals surface area contributed by atoms with Crippen LogP contribution in [0.3, 0.4) is 0 Å². The zero-order valence-corrected chi connectivity index (χ0v) is 11.5. The number of rotatable bonds is 6. The van der Waals surface area contributed by atoms with Crippen LogP contribution in [-0.4, -0.2) is 33.7 Å². The minimum Gasteiger partial charge on any atom is -0.460 e. The number of ether oxygens (including phenoxy) is 1. The highest BCUT2D eigenvalue weighted by Gasteiger charge is 2.19. The molecule has 0 aliphatic carbocycles. The normalized spacial score (nSPS) is 10.1. The van der Waals surface area contributed by atoms with Crippen molar-refractivity contribution in [3.05, 3.63) is 48.5 Å². The fraction of sp³-hybridized carbons (Fsp3) is 0.200. The van der Waals surface area contributed by atoms with E-state index in [-0.39, 0.29) is 6.61 Å². The highest BCUT2D eigenvalue weighted by molar-refractivity contribution is 6.38. The standard InChI is InChI=1S/C15H14N2O4/c1-2-21-15(20)14(19)9-13(18)11-3-5-12(6-4-11)17-8-7-16-10-17/h3-8,10H,2,9H2,1H3. The van der Waals surface area contributed by atoms with Gasteiger partial charge < -0.3 is 9.30 Å². The predicted octanol–water partition coefficient (Wildman–Crippen LogP) is 1.58. The molecular weight excluding hydrogens is 272 g/mol. The molecule has 0 N–H and O–H groups in total. The summed E-state index contributed by atoms with van der Waals surface area (Å²) in [6.07, 6.45) is 4.59. The zero-order chi connectivity index (χ0) is 15.2. The second-order valence-corrected chi connectivity index (χ2v) is 4.26. The summed E-state index contributed by atoms with van der Waals surface area (Å²) in [4.78, 5) is 38.5. The molecule has 0 radical (unpaired) electrons. The van der Waals surface area contributed by atoms with E-state index in [0.717, 1.165) is 5.69 Å². The summed E-state index contributed by atoms with van der Waals surface area (Å²) in [5.41, 5.74) is 1.22. The summed E-state index contributed by atoms with van der Waals surface area (Å²) in [7, 11) is 0. The van der Waals surface area contributed by atoms with Gasteiger partial charge >= 0.3 is 5.97 Å². The lowest BCUT2D eigenvalue weighted by atomic mass is 10.1. The maximum atomic E-state index is 11.9. The molecule has 0 atom stereocenters. The Balaban J connectivity index is 2.03. The lowest BCUT2D eigenvalue weighted by Crippen LogP contribution is -2.20. The Kier molecular flexibility index (Phi) is 4.61. The van der Waals surface area contributed by atoms with E-state index in [1.807, 2.05) is 0 Å². The van der Waals surface area contributed by atoms with Crippen LogP contribution in [-0.2, 0) is 14.3 Å². The summed E-state index contributed by atoms with van der Waals surface area (Å²) < 4.78 is 6.35. The number of esters is 1. The smallest absolute Gasteiger partial charge is 0.375 e. The number of carbonyl (C=O) groups is 3. The van der Waals surface area contributed by atoms with Crippen LogP contribution < -0.4 is 0 Å². The molecule has 2 rings (SSSR count). The molecule has 6 heteroatoms. The van der Waals surface area contributed by atoms with E-state index < -0.39 is 24.0 Å². The number of imidazole rings is 1. The second kappa shape index (κ2) is 6.60. The first-order valence-corrected chi connectivity index (χ1v) is 6.43. The van der Waals surface area contributed by atoms with Gasteiger partial charge in [0.05, 0.1) is 19.4 Å². The van der Waals surface area contributed by atoms with Crippen LogP contribution in [0, 0.1) is 0 Å². The number of carbonyl (C=O) groups excluding carboxylic acids is 3. The number of Topliss-reactive ketones (excluding diaryl/α,β-unsaturated/α-hetero) is 2. The summed E-state index contributed by atoms with van der Waals surface area (Å²) in [5, 5.41) is 0. The average molecular weight is 286 g/mol. The van der Waals surface area contributed by atoms with Crippen LogP contribution in [0.2, 0.25) is 0 Å². The van der Waals surface area contributed by atoms with Crippen LogP contribution >= 0.6 is 0 Å². The summed E-state index contributed by atoms with van der Waals surface area (Å²) in [6, 6.07) is 6.69. The molecule has 0 fully saturated rings. The summed E-state index contributed by atoms with van der Waals surface area (Å²) >= 11 is 0. The quantitative estimate of drug-likeness (QED) is 0.348. The van der Waals surface area contributed by atoms with E-state index in [2.05, 4.69) is 9.72 Å². The zero-order valence-electron chi connectivity index (χ0n) is 11.5. The molecule has 0 aliphatic rings. The van der Waals surface area contributed by atoms with E-state index in [1.165, 1.54) is 0 Å². The van der Waals surface area contributed by atoms with Crippen molar-refractivity contribution < 1.29 is 19.1 Å². The minimum atomic E-state index is -0.971.